The molecule has 0 radical (unpaired) electrons. The number of nitrogens with one attached hydrogen (secondary N) is 1. The van der Waals surface area contributed by atoms with Gasteiger partial charge in [0.05, 0.1) is 4.90 Å². The van der Waals surface area contributed by atoms with Crippen LogP contribution in [0.5, 0.6) is 0 Å². The van der Waals surface area contributed by atoms with Crippen LogP contribution in [0.25, 0.3) is 10.9 Å². The molecular weight excluding hydrogens is 339 g/mol. The van der Waals surface area contributed by atoms with E-state index in [1.165, 1.54) is 22.5 Å². The molecule has 0 amide bonds. The zero-order valence-electron chi connectivity index (χ0n) is 14.1. The number of benzene rings is 2. The van der Waals surface area contributed by atoms with Gasteiger partial charge in [-0.3, -0.25) is 0 Å². The van der Waals surface area contributed by atoms with Crippen LogP contribution >= 0.6 is 0 Å². The van der Waals surface area contributed by atoms with Crippen LogP contribution in [-0.2, 0) is 23.0 Å². The molecule has 0 saturated carbocycles. The van der Waals surface area contributed by atoms with Gasteiger partial charge in [-0.15, -0.1) is 0 Å². The molecule has 3 aromatic rings. The molecule has 4 rings (SSSR count). The molecular formula is C19H19FN2O2S. The van der Waals surface area contributed by atoms with E-state index in [0.717, 1.165) is 27.7 Å². The third-order valence-corrected chi connectivity index (χ3v) is 6.86. The van der Waals surface area contributed by atoms with E-state index in [1.807, 2.05) is 19.1 Å². The Morgan fingerprint density at radius 1 is 1.12 bits per heavy atom. The first-order valence-corrected chi connectivity index (χ1v) is 9.66. The molecule has 25 heavy (non-hydrogen) atoms. The highest BCUT2D eigenvalue weighted by molar-refractivity contribution is 7.89. The predicted octanol–water partition coefficient (Wildman–Crippen LogP) is 3.67. The molecule has 0 spiro atoms. The lowest BCUT2D eigenvalue weighted by Gasteiger charge is -2.27. The molecule has 130 valence electrons. The molecule has 0 atom stereocenters. The van der Waals surface area contributed by atoms with E-state index < -0.39 is 15.8 Å². The molecule has 0 bridgehead atoms. The Kier molecular flexibility index (Phi) is 3.70. The van der Waals surface area contributed by atoms with Crippen molar-refractivity contribution in [3.63, 3.8) is 0 Å². The fourth-order valence-corrected chi connectivity index (χ4v) is 5.16. The largest absolute Gasteiger partial charge is 0.358 e. The normalized spacial score (nSPS) is 15.5. The molecule has 4 nitrogen and oxygen atoms in total. The monoisotopic (exact) mass is 358 g/mol. The van der Waals surface area contributed by atoms with Crippen molar-refractivity contribution in [2.75, 3.05) is 6.54 Å². The lowest BCUT2D eigenvalue weighted by molar-refractivity contribution is 0.391. The smallest absolute Gasteiger partial charge is 0.243 e. The van der Waals surface area contributed by atoms with E-state index in [4.69, 9.17) is 0 Å². The highest BCUT2D eigenvalue weighted by Crippen LogP contribution is 2.31. The van der Waals surface area contributed by atoms with Gasteiger partial charge in [0, 0.05) is 36.1 Å². The summed E-state index contributed by atoms with van der Waals surface area (Å²) in [5.74, 6) is -0.426. The Morgan fingerprint density at radius 3 is 2.68 bits per heavy atom. The van der Waals surface area contributed by atoms with Gasteiger partial charge in [0.1, 0.15) is 5.82 Å². The second-order valence-corrected chi connectivity index (χ2v) is 8.54. The maximum Gasteiger partial charge on any atom is 0.243 e. The van der Waals surface area contributed by atoms with Crippen LogP contribution in [0.4, 0.5) is 4.39 Å². The van der Waals surface area contributed by atoms with Crippen molar-refractivity contribution in [3.8, 4) is 0 Å². The van der Waals surface area contributed by atoms with Gasteiger partial charge in [0.15, 0.2) is 0 Å². The van der Waals surface area contributed by atoms with Gasteiger partial charge in [-0.25, -0.2) is 12.8 Å². The number of hydrogen-bond acceptors (Lipinski definition) is 2. The van der Waals surface area contributed by atoms with Crippen molar-refractivity contribution in [3.05, 3.63) is 64.6 Å². The number of aromatic nitrogens is 1. The molecule has 1 N–H and O–H groups in total. The van der Waals surface area contributed by atoms with Gasteiger partial charge in [-0.05, 0) is 55.3 Å². The molecule has 0 fully saturated rings. The summed E-state index contributed by atoms with van der Waals surface area (Å²) in [6.45, 7) is 4.40. The second kappa shape index (κ2) is 5.68. The van der Waals surface area contributed by atoms with Crippen LogP contribution in [0.15, 0.2) is 41.3 Å². The summed E-state index contributed by atoms with van der Waals surface area (Å²) in [5.41, 5.74) is 4.74. The number of hydrogen-bond donors (Lipinski definition) is 1. The van der Waals surface area contributed by atoms with Crippen LogP contribution in [0.3, 0.4) is 0 Å². The SMILES string of the molecule is Cc1ccc2[nH]c3c(c2c1)CN(S(=O)(=O)c1ccc(F)cc1C)CC3. The Balaban J connectivity index is 1.76. The molecule has 1 aromatic heterocycles. The minimum Gasteiger partial charge on any atom is -0.358 e. The zero-order chi connectivity index (χ0) is 17.8. The van der Waals surface area contributed by atoms with E-state index in [0.29, 0.717) is 25.1 Å². The number of rotatable bonds is 2. The van der Waals surface area contributed by atoms with Gasteiger partial charge >= 0.3 is 0 Å². The van der Waals surface area contributed by atoms with E-state index >= 15 is 0 Å². The third-order valence-electron chi connectivity index (χ3n) is 4.85. The number of H-pyrrole nitrogens is 1. The predicted molar refractivity (Wildman–Crippen MR) is 95.5 cm³/mol. The maximum absolute atomic E-state index is 13.3. The van der Waals surface area contributed by atoms with Crippen LogP contribution in [0, 0.1) is 19.7 Å². The van der Waals surface area contributed by atoms with Gasteiger partial charge in [0.2, 0.25) is 10.0 Å². The van der Waals surface area contributed by atoms with Gasteiger partial charge in [0.25, 0.3) is 0 Å². The number of sulfonamides is 1. The minimum absolute atomic E-state index is 0.174. The Bertz CT molecular complexity index is 1090. The highest BCUT2D eigenvalue weighted by Gasteiger charge is 2.31. The molecule has 2 heterocycles. The Hall–Kier alpha value is -2.18. The number of halogens is 1. The van der Waals surface area contributed by atoms with Crippen LogP contribution < -0.4 is 0 Å². The second-order valence-electron chi connectivity index (χ2n) is 6.63. The van der Waals surface area contributed by atoms with Crippen LogP contribution in [0.1, 0.15) is 22.4 Å². The molecule has 2 aromatic carbocycles. The standard InChI is InChI=1S/C19H19FN2O2S/c1-12-3-5-17-15(9-12)16-11-22(8-7-18(16)21-17)25(23,24)19-6-4-14(20)10-13(19)2/h3-6,9-10,21H,7-8,11H2,1-2H3. The van der Waals surface area contributed by atoms with E-state index in [9.17, 15) is 12.8 Å². The van der Waals surface area contributed by atoms with Gasteiger partial charge in [-0.2, -0.15) is 4.31 Å². The summed E-state index contributed by atoms with van der Waals surface area (Å²) in [6.07, 6.45) is 0.641. The van der Waals surface area contributed by atoms with Crippen molar-refractivity contribution < 1.29 is 12.8 Å². The number of aryl methyl sites for hydroxylation is 2. The number of aromatic amines is 1. The number of fused-ring (bicyclic) bond motifs is 3. The fraction of sp³-hybridized carbons (Fsp3) is 0.263. The number of nitrogens with zero attached hydrogens (tertiary/aromatic N) is 1. The van der Waals surface area contributed by atoms with Crippen molar-refractivity contribution in [1.29, 1.82) is 0 Å². The third kappa shape index (κ3) is 2.65. The summed E-state index contributed by atoms with van der Waals surface area (Å²) < 4.78 is 40.9. The van der Waals surface area contributed by atoms with E-state index in [-0.39, 0.29) is 4.90 Å². The topological polar surface area (TPSA) is 53.2 Å². The van der Waals surface area contributed by atoms with E-state index in [2.05, 4.69) is 11.1 Å². The summed E-state index contributed by atoms with van der Waals surface area (Å²) in [5, 5.41) is 1.07. The van der Waals surface area contributed by atoms with Crippen LogP contribution in [-0.4, -0.2) is 24.3 Å². The summed E-state index contributed by atoms with van der Waals surface area (Å²) >= 11 is 0. The molecule has 0 aliphatic carbocycles. The lowest BCUT2D eigenvalue weighted by Crippen LogP contribution is -2.36. The average Bonchev–Trinajstić information content (AvgIpc) is 2.91. The summed E-state index contributed by atoms with van der Waals surface area (Å²) in [4.78, 5) is 3.58. The van der Waals surface area contributed by atoms with Crippen molar-refractivity contribution in [1.82, 2.24) is 9.29 Å². The van der Waals surface area contributed by atoms with Gasteiger partial charge < -0.3 is 4.98 Å². The van der Waals surface area contributed by atoms with Crippen molar-refractivity contribution >= 4 is 20.9 Å². The molecule has 0 saturated heterocycles. The van der Waals surface area contributed by atoms with Crippen LogP contribution in [0.2, 0.25) is 0 Å². The maximum atomic E-state index is 13.3. The van der Waals surface area contributed by atoms with Gasteiger partial charge in [-0.1, -0.05) is 11.6 Å². The first-order valence-electron chi connectivity index (χ1n) is 8.22. The minimum atomic E-state index is -3.66. The summed E-state index contributed by atoms with van der Waals surface area (Å²) in [6, 6.07) is 9.98. The summed E-state index contributed by atoms with van der Waals surface area (Å²) in [7, 11) is -3.66. The lowest BCUT2D eigenvalue weighted by atomic mass is 10.0. The molecule has 6 heteroatoms. The Labute approximate surface area is 146 Å². The first-order chi connectivity index (χ1) is 11.9. The highest BCUT2D eigenvalue weighted by atomic mass is 32.2. The van der Waals surface area contributed by atoms with Crippen molar-refractivity contribution in [2.24, 2.45) is 0 Å². The zero-order valence-corrected chi connectivity index (χ0v) is 15.0. The fourth-order valence-electron chi connectivity index (χ4n) is 3.55. The molecule has 1 aliphatic rings. The Morgan fingerprint density at radius 2 is 1.92 bits per heavy atom. The molecule has 1 aliphatic heterocycles. The van der Waals surface area contributed by atoms with E-state index in [1.54, 1.807) is 6.92 Å². The average molecular weight is 358 g/mol. The first kappa shape index (κ1) is 16.3. The quantitative estimate of drug-likeness (QED) is 0.760. The van der Waals surface area contributed by atoms with Crippen molar-refractivity contribution in [2.45, 2.75) is 31.7 Å². The molecule has 0 unspecified atom stereocenters.